The molecule has 0 rings (SSSR count). The lowest BCUT2D eigenvalue weighted by atomic mass is 10.4. The van der Waals surface area contributed by atoms with Crippen LogP contribution in [0.2, 0.25) is 0 Å². The van der Waals surface area contributed by atoms with Crippen LogP contribution in [0, 0.1) is 0 Å². The Bertz CT molecular complexity index is 163. The normalized spacial score (nSPS) is 12.4. The minimum Gasteiger partial charge on any atom is -0.329 e. The molecule has 0 unspecified atom stereocenters. The van der Waals surface area contributed by atoms with Crippen LogP contribution in [0.1, 0.15) is 0 Å². The maximum atomic E-state index is 10.4. The van der Waals surface area contributed by atoms with Gasteiger partial charge in [-0.05, 0) is 0 Å². The molecule has 0 aliphatic rings. The van der Waals surface area contributed by atoms with E-state index in [0.29, 0.717) is 0 Å². The van der Waals surface area contributed by atoms with Gasteiger partial charge in [0, 0.05) is 23.8 Å². The molecule has 0 fully saturated rings. The fourth-order valence-electron chi connectivity index (χ4n) is 0.326. The maximum absolute atomic E-state index is 10.4. The Hall–Kier alpha value is 0.160. The summed E-state index contributed by atoms with van der Waals surface area (Å²) in [6, 6.07) is 0. The van der Waals surface area contributed by atoms with Crippen LogP contribution in [0.15, 0.2) is 0 Å². The van der Waals surface area contributed by atoms with Gasteiger partial charge in [0.05, 0.1) is 0 Å². The van der Waals surface area contributed by atoms with Gasteiger partial charge in [0.15, 0.2) is 0 Å². The maximum Gasteiger partial charge on any atom is 0.237 e. The first-order valence-electron chi connectivity index (χ1n) is 2.36. The van der Waals surface area contributed by atoms with E-state index in [9.17, 15) is 8.42 Å². The summed E-state index contributed by atoms with van der Waals surface area (Å²) in [6.07, 6.45) is 0. The largest absolute Gasteiger partial charge is 0.329 e. The van der Waals surface area contributed by atoms with Crippen LogP contribution in [-0.2, 0) is 9.05 Å². The van der Waals surface area contributed by atoms with Crippen LogP contribution in [0.5, 0.6) is 0 Å². The predicted molar refractivity (Wildman–Crippen MR) is 36.7 cm³/mol. The van der Waals surface area contributed by atoms with Crippen molar-refractivity contribution in [1.82, 2.24) is 0 Å². The average molecular weight is 173 g/mol. The molecule has 0 atom stereocenters. The number of nitrogens with two attached hydrogens (primary N) is 2. The number of hydrogen-bond donors (Lipinski definition) is 2. The van der Waals surface area contributed by atoms with Gasteiger partial charge in [0.1, 0.15) is 5.25 Å². The Kier molecular flexibility index (Phi) is 3.42. The number of halogens is 1. The third kappa shape index (κ3) is 3.00. The van der Waals surface area contributed by atoms with Gasteiger partial charge < -0.3 is 11.5 Å². The fraction of sp³-hybridized carbons (Fsp3) is 1.00. The van der Waals surface area contributed by atoms with Gasteiger partial charge in [-0.25, -0.2) is 8.42 Å². The zero-order valence-corrected chi connectivity index (χ0v) is 6.32. The van der Waals surface area contributed by atoms with Crippen LogP contribution >= 0.6 is 10.7 Å². The Morgan fingerprint density at radius 2 is 1.67 bits per heavy atom. The lowest BCUT2D eigenvalue weighted by Crippen LogP contribution is -2.33. The van der Waals surface area contributed by atoms with Crippen molar-refractivity contribution >= 4 is 19.7 Å². The zero-order valence-electron chi connectivity index (χ0n) is 4.75. The Labute approximate surface area is 58.6 Å². The minimum absolute atomic E-state index is 0.0255. The van der Waals surface area contributed by atoms with E-state index in [1.165, 1.54) is 0 Å². The van der Waals surface area contributed by atoms with Crippen molar-refractivity contribution in [2.75, 3.05) is 13.1 Å². The van der Waals surface area contributed by atoms with Crippen molar-refractivity contribution in [1.29, 1.82) is 0 Å². The van der Waals surface area contributed by atoms with E-state index in [-0.39, 0.29) is 13.1 Å². The summed E-state index contributed by atoms with van der Waals surface area (Å²) < 4.78 is 20.8. The summed E-state index contributed by atoms with van der Waals surface area (Å²) in [6.45, 7) is -0.0509. The quantitative estimate of drug-likeness (QED) is 0.526. The molecule has 4 nitrogen and oxygen atoms in total. The zero-order chi connectivity index (χ0) is 7.49. The lowest BCUT2D eigenvalue weighted by molar-refractivity contribution is 0.594. The van der Waals surface area contributed by atoms with Crippen molar-refractivity contribution in [2.45, 2.75) is 5.25 Å². The molecule has 0 amide bonds. The smallest absolute Gasteiger partial charge is 0.237 e. The van der Waals surface area contributed by atoms with Crippen molar-refractivity contribution in [3.63, 3.8) is 0 Å². The highest BCUT2D eigenvalue weighted by molar-refractivity contribution is 8.14. The molecule has 56 valence electrons. The second-order valence-electron chi connectivity index (χ2n) is 1.57. The van der Waals surface area contributed by atoms with Gasteiger partial charge in [-0.1, -0.05) is 0 Å². The molecular weight excluding hydrogens is 164 g/mol. The van der Waals surface area contributed by atoms with E-state index < -0.39 is 14.3 Å². The molecular formula is C3H9ClN2O2S. The van der Waals surface area contributed by atoms with Crippen molar-refractivity contribution in [3.8, 4) is 0 Å². The summed E-state index contributed by atoms with van der Waals surface area (Å²) in [7, 11) is 1.37. The van der Waals surface area contributed by atoms with Crippen LogP contribution in [0.3, 0.4) is 0 Å². The second kappa shape index (κ2) is 3.36. The van der Waals surface area contributed by atoms with E-state index in [1.54, 1.807) is 0 Å². The molecule has 0 aromatic rings. The van der Waals surface area contributed by atoms with Crippen LogP contribution < -0.4 is 11.5 Å². The molecule has 0 aromatic heterocycles. The van der Waals surface area contributed by atoms with Gasteiger partial charge in [0.25, 0.3) is 0 Å². The van der Waals surface area contributed by atoms with Gasteiger partial charge in [-0.3, -0.25) is 0 Å². The van der Waals surface area contributed by atoms with Gasteiger partial charge in [0.2, 0.25) is 9.05 Å². The summed E-state index contributed by atoms with van der Waals surface area (Å²) in [5.74, 6) is 0. The topological polar surface area (TPSA) is 86.2 Å². The predicted octanol–water partition coefficient (Wildman–Crippen LogP) is -1.16. The molecule has 0 heterocycles. The Morgan fingerprint density at radius 1 is 1.33 bits per heavy atom. The van der Waals surface area contributed by atoms with Crippen molar-refractivity contribution in [2.24, 2.45) is 11.5 Å². The Morgan fingerprint density at radius 3 is 1.67 bits per heavy atom. The first-order valence-corrected chi connectivity index (χ1v) is 4.73. The van der Waals surface area contributed by atoms with E-state index in [4.69, 9.17) is 22.1 Å². The first kappa shape index (κ1) is 9.16. The minimum atomic E-state index is -3.54. The van der Waals surface area contributed by atoms with Crippen molar-refractivity contribution < 1.29 is 8.42 Å². The van der Waals surface area contributed by atoms with Crippen LogP contribution in [0.4, 0.5) is 0 Å². The molecule has 0 aliphatic heterocycles. The molecule has 0 saturated heterocycles. The van der Waals surface area contributed by atoms with E-state index >= 15 is 0 Å². The average Bonchev–Trinajstić information content (AvgIpc) is 1.65. The molecule has 0 aromatic carbocycles. The first-order chi connectivity index (χ1) is 4.02. The standard InChI is InChI=1S/C3H9ClN2O2S/c4-9(7,8)3(1-5)2-6/h3H,1-2,5-6H2. The van der Waals surface area contributed by atoms with E-state index in [1.807, 2.05) is 0 Å². The fourth-order valence-corrected chi connectivity index (χ4v) is 1.22. The molecule has 0 spiro atoms. The molecule has 0 saturated carbocycles. The van der Waals surface area contributed by atoms with Gasteiger partial charge in [-0.15, -0.1) is 0 Å². The molecule has 6 heteroatoms. The third-order valence-corrected chi connectivity index (χ3v) is 2.86. The highest BCUT2D eigenvalue weighted by Gasteiger charge is 2.18. The van der Waals surface area contributed by atoms with E-state index in [0.717, 1.165) is 0 Å². The lowest BCUT2D eigenvalue weighted by Gasteiger charge is -2.05. The van der Waals surface area contributed by atoms with Crippen LogP contribution in [-0.4, -0.2) is 26.8 Å². The monoisotopic (exact) mass is 172 g/mol. The summed E-state index contributed by atoms with van der Waals surface area (Å²) in [5, 5.41) is -0.806. The molecule has 0 aliphatic carbocycles. The summed E-state index contributed by atoms with van der Waals surface area (Å²) in [4.78, 5) is 0. The number of rotatable bonds is 3. The van der Waals surface area contributed by atoms with E-state index in [2.05, 4.69) is 0 Å². The van der Waals surface area contributed by atoms with Gasteiger partial charge >= 0.3 is 0 Å². The highest BCUT2D eigenvalue weighted by Crippen LogP contribution is 2.03. The molecule has 9 heavy (non-hydrogen) atoms. The van der Waals surface area contributed by atoms with Gasteiger partial charge in [-0.2, -0.15) is 0 Å². The third-order valence-electron chi connectivity index (χ3n) is 0.924. The van der Waals surface area contributed by atoms with Crippen molar-refractivity contribution in [3.05, 3.63) is 0 Å². The SMILES string of the molecule is NCC(CN)S(=O)(=O)Cl. The van der Waals surface area contributed by atoms with Crippen LogP contribution in [0.25, 0.3) is 0 Å². The second-order valence-corrected chi connectivity index (χ2v) is 4.48. The molecule has 0 bridgehead atoms. The number of hydrogen-bond acceptors (Lipinski definition) is 4. The Balaban J connectivity index is 4.14. The highest BCUT2D eigenvalue weighted by atomic mass is 35.7. The molecule has 0 radical (unpaired) electrons. The summed E-state index contributed by atoms with van der Waals surface area (Å²) >= 11 is 0. The molecule has 4 N–H and O–H groups in total. The summed E-state index contributed by atoms with van der Waals surface area (Å²) in [5.41, 5.74) is 10.1.